The lowest BCUT2D eigenvalue weighted by Crippen LogP contribution is -2.15. The molecule has 0 saturated heterocycles. The minimum absolute atomic E-state index is 0.279. The van der Waals surface area contributed by atoms with Crippen LogP contribution in [-0.4, -0.2) is 29.3 Å². The van der Waals surface area contributed by atoms with Crippen molar-refractivity contribution < 1.29 is 0 Å². The topological polar surface area (TPSA) is 73.9 Å². The molecule has 0 unspecified atom stereocenters. The zero-order valence-corrected chi connectivity index (χ0v) is 12.9. The van der Waals surface area contributed by atoms with Crippen LogP contribution in [0.25, 0.3) is 11.3 Å². The molecule has 0 saturated carbocycles. The Bertz CT molecular complexity index is 841. The molecule has 116 valence electrons. The van der Waals surface area contributed by atoms with Gasteiger partial charge >= 0.3 is 0 Å². The van der Waals surface area contributed by atoms with Gasteiger partial charge in [-0.2, -0.15) is 0 Å². The average molecular weight is 307 g/mol. The van der Waals surface area contributed by atoms with E-state index in [1.807, 2.05) is 73.6 Å². The third-order valence-corrected chi connectivity index (χ3v) is 3.39. The van der Waals surface area contributed by atoms with Gasteiger partial charge in [0.25, 0.3) is 5.56 Å². The molecule has 0 aliphatic heterocycles. The Morgan fingerprint density at radius 2 is 1.65 bits per heavy atom. The number of nitrogens with one attached hydrogen (secondary N) is 2. The molecule has 0 bridgehead atoms. The van der Waals surface area contributed by atoms with Crippen LogP contribution in [0.1, 0.15) is 0 Å². The minimum atomic E-state index is -0.279. The molecule has 23 heavy (non-hydrogen) atoms. The maximum Gasteiger partial charge on any atom is 0.279 e. The van der Waals surface area contributed by atoms with E-state index in [4.69, 9.17) is 0 Å². The number of rotatable bonds is 4. The predicted molar refractivity (Wildman–Crippen MR) is 92.1 cm³/mol. The fourth-order valence-electron chi connectivity index (χ4n) is 2.16. The standard InChI is InChI=1S/C17H17N5O/c1-22(2)14-10-8-13(9-11-14)18-17-19-16(23)15(20-21-17)12-6-4-3-5-7-12/h3-11H,1-2H3,(H2,18,19,21,23). The number of aromatic amines is 1. The first-order valence-electron chi connectivity index (χ1n) is 7.20. The second-order valence-corrected chi connectivity index (χ2v) is 5.28. The van der Waals surface area contributed by atoms with Gasteiger partial charge in [-0.05, 0) is 24.3 Å². The summed E-state index contributed by atoms with van der Waals surface area (Å²) in [6.07, 6.45) is 0. The monoisotopic (exact) mass is 307 g/mol. The van der Waals surface area contributed by atoms with Gasteiger partial charge in [-0.1, -0.05) is 30.3 Å². The average Bonchev–Trinajstić information content (AvgIpc) is 2.56. The van der Waals surface area contributed by atoms with Crippen molar-refractivity contribution in [2.45, 2.75) is 0 Å². The molecule has 0 spiro atoms. The van der Waals surface area contributed by atoms with Gasteiger partial charge in [0, 0.05) is 31.0 Å². The number of anilines is 3. The third kappa shape index (κ3) is 3.37. The van der Waals surface area contributed by atoms with Gasteiger partial charge in [-0.3, -0.25) is 9.78 Å². The zero-order valence-electron chi connectivity index (χ0n) is 12.9. The van der Waals surface area contributed by atoms with E-state index in [2.05, 4.69) is 20.5 Å². The van der Waals surface area contributed by atoms with Crippen LogP contribution in [0.3, 0.4) is 0 Å². The molecule has 0 aliphatic rings. The van der Waals surface area contributed by atoms with Crippen LogP contribution in [0.4, 0.5) is 17.3 Å². The van der Waals surface area contributed by atoms with E-state index in [9.17, 15) is 4.79 Å². The number of aromatic nitrogens is 3. The Hall–Kier alpha value is -3.15. The molecule has 1 heterocycles. The molecular formula is C17H17N5O. The van der Waals surface area contributed by atoms with E-state index >= 15 is 0 Å². The predicted octanol–water partition coefficient (Wildman–Crippen LogP) is 2.64. The van der Waals surface area contributed by atoms with Gasteiger partial charge in [0.15, 0.2) is 5.69 Å². The molecule has 1 aromatic heterocycles. The van der Waals surface area contributed by atoms with E-state index in [1.165, 1.54) is 0 Å². The highest BCUT2D eigenvalue weighted by atomic mass is 16.1. The van der Waals surface area contributed by atoms with Crippen LogP contribution in [0, 0.1) is 0 Å². The molecule has 0 aliphatic carbocycles. The molecule has 6 nitrogen and oxygen atoms in total. The summed E-state index contributed by atoms with van der Waals surface area (Å²) in [6.45, 7) is 0. The second-order valence-electron chi connectivity index (χ2n) is 5.28. The Morgan fingerprint density at radius 3 is 2.26 bits per heavy atom. The molecule has 6 heteroatoms. The van der Waals surface area contributed by atoms with Crippen LogP contribution in [0.15, 0.2) is 59.4 Å². The number of hydrogen-bond donors (Lipinski definition) is 2. The van der Waals surface area contributed by atoms with Crippen LogP contribution >= 0.6 is 0 Å². The van der Waals surface area contributed by atoms with E-state index < -0.39 is 0 Å². The lowest BCUT2D eigenvalue weighted by Gasteiger charge is -2.13. The summed E-state index contributed by atoms with van der Waals surface area (Å²) in [5, 5.41) is 11.1. The fraction of sp³-hybridized carbons (Fsp3) is 0.118. The largest absolute Gasteiger partial charge is 0.378 e. The normalized spacial score (nSPS) is 10.3. The Kier molecular flexibility index (Phi) is 4.05. The van der Waals surface area contributed by atoms with Crippen molar-refractivity contribution in [2.75, 3.05) is 24.3 Å². The minimum Gasteiger partial charge on any atom is -0.378 e. The summed E-state index contributed by atoms with van der Waals surface area (Å²) in [7, 11) is 3.96. The van der Waals surface area contributed by atoms with Gasteiger partial charge in [0.2, 0.25) is 5.95 Å². The number of H-pyrrole nitrogens is 1. The highest BCUT2D eigenvalue weighted by Gasteiger charge is 2.07. The van der Waals surface area contributed by atoms with Crippen molar-refractivity contribution in [1.82, 2.24) is 15.2 Å². The zero-order chi connectivity index (χ0) is 16.2. The van der Waals surface area contributed by atoms with Gasteiger partial charge < -0.3 is 10.2 Å². The number of hydrogen-bond acceptors (Lipinski definition) is 5. The first kappa shape index (κ1) is 14.8. The van der Waals surface area contributed by atoms with Crippen LogP contribution in [0.2, 0.25) is 0 Å². The first-order valence-corrected chi connectivity index (χ1v) is 7.20. The lowest BCUT2D eigenvalue weighted by atomic mass is 10.2. The Labute approximate surface area is 133 Å². The molecule has 3 rings (SSSR count). The molecule has 0 amide bonds. The molecule has 0 radical (unpaired) electrons. The van der Waals surface area contributed by atoms with Gasteiger partial charge in [-0.15, -0.1) is 10.2 Å². The summed E-state index contributed by atoms with van der Waals surface area (Å²) in [5.74, 6) is 0.312. The highest BCUT2D eigenvalue weighted by Crippen LogP contribution is 2.18. The van der Waals surface area contributed by atoms with Crippen LogP contribution in [-0.2, 0) is 0 Å². The molecule has 0 atom stereocenters. The summed E-state index contributed by atoms with van der Waals surface area (Å²) in [5.41, 5.74) is 2.68. The summed E-state index contributed by atoms with van der Waals surface area (Å²) in [6, 6.07) is 17.0. The third-order valence-electron chi connectivity index (χ3n) is 3.39. The van der Waals surface area contributed by atoms with Crippen molar-refractivity contribution in [3.8, 4) is 11.3 Å². The number of nitrogens with zero attached hydrogens (tertiary/aromatic N) is 3. The fourth-order valence-corrected chi connectivity index (χ4v) is 2.16. The van der Waals surface area contributed by atoms with Crippen molar-refractivity contribution in [3.63, 3.8) is 0 Å². The summed E-state index contributed by atoms with van der Waals surface area (Å²) >= 11 is 0. The van der Waals surface area contributed by atoms with Crippen LogP contribution in [0.5, 0.6) is 0 Å². The number of benzene rings is 2. The second kappa shape index (κ2) is 6.31. The Balaban J connectivity index is 1.82. The highest BCUT2D eigenvalue weighted by molar-refractivity contribution is 5.60. The molecule has 0 fully saturated rings. The summed E-state index contributed by atoms with van der Waals surface area (Å²) < 4.78 is 0. The molecular weight excluding hydrogens is 290 g/mol. The van der Waals surface area contributed by atoms with Gasteiger partial charge in [0.1, 0.15) is 0 Å². The smallest absolute Gasteiger partial charge is 0.279 e. The van der Waals surface area contributed by atoms with Crippen molar-refractivity contribution in [3.05, 3.63) is 65.0 Å². The van der Waals surface area contributed by atoms with Gasteiger partial charge in [0.05, 0.1) is 0 Å². The molecule has 2 N–H and O–H groups in total. The maximum atomic E-state index is 12.2. The van der Waals surface area contributed by atoms with Crippen LogP contribution < -0.4 is 15.8 Å². The lowest BCUT2D eigenvalue weighted by molar-refractivity contribution is 0.962. The SMILES string of the molecule is CN(C)c1ccc(Nc2nnc(-c3ccccc3)c(=O)[nH]2)cc1. The van der Waals surface area contributed by atoms with Crippen molar-refractivity contribution in [2.24, 2.45) is 0 Å². The van der Waals surface area contributed by atoms with Gasteiger partial charge in [-0.25, -0.2) is 0 Å². The van der Waals surface area contributed by atoms with E-state index in [-0.39, 0.29) is 5.56 Å². The van der Waals surface area contributed by atoms with Crippen molar-refractivity contribution in [1.29, 1.82) is 0 Å². The maximum absolute atomic E-state index is 12.2. The van der Waals surface area contributed by atoms with Crippen molar-refractivity contribution >= 4 is 17.3 Å². The Morgan fingerprint density at radius 1 is 0.957 bits per heavy atom. The molecule has 2 aromatic carbocycles. The van der Waals surface area contributed by atoms with E-state index in [0.717, 1.165) is 16.9 Å². The van der Waals surface area contributed by atoms with E-state index in [0.29, 0.717) is 11.6 Å². The quantitative estimate of drug-likeness (QED) is 0.775. The molecule has 3 aromatic rings. The summed E-state index contributed by atoms with van der Waals surface area (Å²) in [4.78, 5) is 16.9. The first-order chi connectivity index (χ1) is 11.1. The van der Waals surface area contributed by atoms with E-state index in [1.54, 1.807) is 0 Å².